The molecule has 0 radical (unpaired) electrons. The lowest BCUT2D eigenvalue weighted by Crippen LogP contribution is -2.21. The molecule has 76 valence electrons. The molecular formula is C12H16O2. The van der Waals surface area contributed by atoms with Crippen LogP contribution in [0.15, 0.2) is 24.3 Å². The zero-order valence-corrected chi connectivity index (χ0v) is 8.62. The summed E-state index contributed by atoms with van der Waals surface area (Å²) in [6, 6.07) is 7.58. The summed E-state index contributed by atoms with van der Waals surface area (Å²) in [5.74, 6) is 0. The van der Waals surface area contributed by atoms with Gasteiger partial charge in [-0.3, -0.25) is 0 Å². The predicted octanol–water partition coefficient (Wildman–Crippen LogP) is 1.90. The monoisotopic (exact) mass is 192 g/mol. The zero-order valence-electron chi connectivity index (χ0n) is 8.62. The second kappa shape index (κ2) is 2.81. The molecule has 2 N–H and O–H groups in total. The molecule has 1 saturated carbocycles. The maximum Gasteiger partial charge on any atom is 0.0902 e. The quantitative estimate of drug-likeness (QED) is 0.751. The van der Waals surface area contributed by atoms with Gasteiger partial charge in [0.25, 0.3) is 0 Å². The molecule has 0 aliphatic heterocycles. The third kappa shape index (κ3) is 1.56. The molecule has 1 aliphatic rings. The van der Waals surface area contributed by atoms with Crippen LogP contribution in [0.25, 0.3) is 0 Å². The van der Waals surface area contributed by atoms with Gasteiger partial charge in [-0.15, -0.1) is 0 Å². The van der Waals surface area contributed by atoms with E-state index in [-0.39, 0.29) is 0 Å². The molecule has 0 bridgehead atoms. The Kier molecular flexibility index (Phi) is 1.95. The molecular weight excluding hydrogens is 176 g/mol. The molecule has 1 aromatic rings. The van der Waals surface area contributed by atoms with E-state index in [1.165, 1.54) is 0 Å². The first-order valence-corrected chi connectivity index (χ1v) is 4.98. The van der Waals surface area contributed by atoms with Gasteiger partial charge in [0.15, 0.2) is 0 Å². The van der Waals surface area contributed by atoms with E-state index in [1.807, 2.05) is 24.3 Å². The number of aliphatic hydroxyl groups is 2. The molecule has 0 amide bonds. The van der Waals surface area contributed by atoms with Gasteiger partial charge in [0.1, 0.15) is 0 Å². The maximum absolute atomic E-state index is 10.0. The van der Waals surface area contributed by atoms with Gasteiger partial charge >= 0.3 is 0 Å². The third-order valence-corrected chi connectivity index (χ3v) is 2.81. The standard InChI is InChI=1S/C12H16O2/c1-11(2,13)9-5-3-4-6-10(9)12(14)7-8-12/h3-6,13-14H,7-8H2,1-2H3. The van der Waals surface area contributed by atoms with Gasteiger partial charge in [0, 0.05) is 0 Å². The van der Waals surface area contributed by atoms with E-state index in [9.17, 15) is 10.2 Å². The van der Waals surface area contributed by atoms with Crippen LogP contribution in [0.3, 0.4) is 0 Å². The first-order chi connectivity index (χ1) is 6.43. The summed E-state index contributed by atoms with van der Waals surface area (Å²) >= 11 is 0. The van der Waals surface area contributed by atoms with Gasteiger partial charge in [0.2, 0.25) is 0 Å². The van der Waals surface area contributed by atoms with Gasteiger partial charge in [-0.25, -0.2) is 0 Å². The number of hydrogen-bond acceptors (Lipinski definition) is 2. The molecule has 0 heterocycles. The van der Waals surface area contributed by atoms with Crippen LogP contribution in [0.1, 0.15) is 37.8 Å². The largest absolute Gasteiger partial charge is 0.386 e. The van der Waals surface area contributed by atoms with Gasteiger partial charge in [-0.1, -0.05) is 24.3 Å². The van der Waals surface area contributed by atoms with Crippen molar-refractivity contribution >= 4 is 0 Å². The lowest BCUT2D eigenvalue weighted by atomic mass is 9.90. The Hall–Kier alpha value is -0.860. The minimum Gasteiger partial charge on any atom is -0.386 e. The summed E-state index contributed by atoms with van der Waals surface area (Å²) in [7, 11) is 0. The lowest BCUT2D eigenvalue weighted by Gasteiger charge is -2.23. The topological polar surface area (TPSA) is 40.5 Å². The fourth-order valence-corrected chi connectivity index (χ4v) is 1.81. The van der Waals surface area contributed by atoms with Crippen LogP contribution < -0.4 is 0 Å². The molecule has 0 unspecified atom stereocenters. The normalized spacial score (nSPS) is 19.4. The van der Waals surface area contributed by atoms with Crippen molar-refractivity contribution in [1.29, 1.82) is 0 Å². The Labute approximate surface area is 84.2 Å². The average molecular weight is 192 g/mol. The summed E-state index contributed by atoms with van der Waals surface area (Å²) in [6.07, 6.45) is 1.61. The van der Waals surface area contributed by atoms with Crippen molar-refractivity contribution < 1.29 is 10.2 Å². The van der Waals surface area contributed by atoms with Crippen molar-refractivity contribution in [3.63, 3.8) is 0 Å². The van der Waals surface area contributed by atoms with Crippen LogP contribution >= 0.6 is 0 Å². The van der Waals surface area contributed by atoms with E-state index in [4.69, 9.17) is 0 Å². The van der Waals surface area contributed by atoms with Gasteiger partial charge in [0.05, 0.1) is 11.2 Å². The Morgan fingerprint density at radius 2 is 1.79 bits per heavy atom. The minimum absolute atomic E-state index is 0.670. The van der Waals surface area contributed by atoms with Crippen molar-refractivity contribution in [2.75, 3.05) is 0 Å². The van der Waals surface area contributed by atoms with Crippen molar-refractivity contribution in [2.24, 2.45) is 0 Å². The van der Waals surface area contributed by atoms with E-state index in [0.717, 1.165) is 24.0 Å². The van der Waals surface area contributed by atoms with Crippen LogP contribution in [0, 0.1) is 0 Å². The molecule has 0 saturated heterocycles. The molecule has 2 nitrogen and oxygen atoms in total. The first kappa shape index (κ1) is 9.69. The van der Waals surface area contributed by atoms with Gasteiger partial charge in [-0.2, -0.15) is 0 Å². The highest BCUT2D eigenvalue weighted by Crippen LogP contribution is 2.48. The SMILES string of the molecule is CC(C)(O)c1ccccc1C1(O)CC1. The smallest absolute Gasteiger partial charge is 0.0902 e. The Morgan fingerprint density at radius 1 is 1.21 bits per heavy atom. The second-order valence-corrected chi connectivity index (χ2v) is 4.64. The minimum atomic E-state index is -0.880. The molecule has 0 aromatic heterocycles. The predicted molar refractivity (Wildman–Crippen MR) is 54.8 cm³/mol. The Bertz CT molecular complexity index is 321. The number of benzene rings is 1. The van der Waals surface area contributed by atoms with Gasteiger partial charge in [-0.05, 0) is 37.8 Å². The molecule has 1 aromatic carbocycles. The zero-order chi connectivity index (χ0) is 10.4. The van der Waals surface area contributed by atoms with Crippen LogP contribution in [0.4, 0.5) is 0 Å². The summed E-state index contributed by atoms with van der Waals surface area (Å²) in [4.78, 5) is 0. The van der Waals surface area contributed by atoms with Crippen molar-refractivity contribution in [1.82, 2.24) is 0 Å². The number of rotatable bonds is 2. The Balaban J connectivity index is 2.50. The fraction of sp³-hybridized carbons (Fsp3) is 0.500. The van der Waals surface area contributed by atoms with E-state index < -0.39 is 11.2 Å². The van der Waals surface area contributed by atoms with E-state index in [0.29, 0.717) is 0 Å². The maximum atomic E-state index is 10.0. The second-order valence-electron chi connectivity index (χ2n) is 4.64. The molecule has 0 atom stereocenters. The molecule has 1 fully saturated rings. The van der Waals surface area contributed by atoms with Crippen LogP contribution in [-0.2, 0) is 11.2 Å². The van der Waals surface area contributed by atoms with Crippen molar-refractivity contribution in [2.45, 2.75) is 37.9 Å². The van der Waals surface area contributed by atoms with E-state index >= 15 is 0 Å². The molecule has 2 heteroatoms. The summed E-state index contributed by atoms with van der Waals surface area (Å²) in [5, 5.41) is 20.0. The summed E-state index contributed by atoms with van der Waals surface area (Å²) < 4.78 is 0. The van der Waals surface area contributed by atoms with Crippen LogP contribution in [-0.4, -0.2) is 10.2 Å². The number of hydrogen-bond donors (Lipinski definition) is 2. The van der Waals surface area contributed by atoms with E-state index in [1.54, 1.807) is 13.8 Å². The summed E-state index contributed by atoms with van der Waals surface area (Å²) in [6.45, 7) is 3.50. The van der Waals surface area contributed by atoms with Crippen molar-refractivity contribution in [3.8, 4) is 0 Å². The van der Waals surface area contributed by atoms with Crippen LogP contribution in [0.5, 0.6) is 0 Å². The highest BCUT2D eigenvalue weighted by molar-refractivity contribution is 5.38. The average Bonchev–Trinajstić information content (AvgIpc) is 2.84. The highest BCUT2D eigenvalue weighted by Gasteiger charge is 2.44. The van der Waals surface area contributed by atoms with Crippen LogP contribution in [0.2, 0.25) is 0 Å². The molecule has 2 rings (SSSR count). The fourth-order valence-electron chi connectivity index (χ4n) is 1.81. The Morgan fingerprint density at radius 3 is 2.29 bits per heavy atom. The lowest BCUT2D eigenvalue weighted by molar-refractivity contribution is 0.0704. The molecule has 1 aliphatic carbocycles. The molecule has 14 heavy (non-hydrogen) atoms. The molecule has 0 spiro atoms. The van der Waals surface area contributed by atoms with Gasteiger partial charge < -0.3 is 10.2 Å². The third-order valence-electron chi connectivity index (χ3n) is 2.81. The van der Waals surface area contributed by atoms with E-state index in [2.05, 4.69) is 0 Å². The summed E-state index contributed by atoms with van der Waals surface area (Å²) in [5.41, 5.74) is 0.165. The van der Waals surface area contributed by atoms with Crippen molar-refractivity contribution in [3.05, 3.63) is 35.4 Å². The first-order valence-electron chi connectivity index (χ1n) is 4.98. The highest BCUT2D eigenvalue weighted by atomic mass is 16.3.